The van der Waals surface area contributed by atoms with Crippen LogP contribution in [0.15, 0.2) is 42.5 Å². The van der Waals surface area contributed by atoms with Gasteiger partial charge in [-0.05, 0) is 42.8 Å². The standard InChI is InChI=1S/C16H15ClN2O/c1-11(19)15-8-14(17)6-7-16(15)20-10-13-4-2-12(9-18)3-5-13/h2-8,11H,10,19H2,1H3/t11-/m0/s1. The van der Waals surface area contributed by atoms with Crippen molar-refractivity contribution in [2.45, 2.75) is 19.6 Å². The van der Waals surface area contributed by atoms with Gasteiger partial charge in [-0.25, -0.2) is 0 Å². The molecule has 20 heavy (non-hydrogen) atoms. The van der Waals surface area contributed by atoms with Crippen LogP contribution in [0.1, 0.15) is 29.7 Å². The first-order valence-corrected chi connectivity index (χ1v) is 6.65. The zero-order valence-corrected chi connectivity index (χ0v) is 11.9. The fourth-order valence-electron chi connectivity index (χ4n) is 1.84. The van der Waals surface area contributed by atoms with Crippen LogP contribution in [0.4, 0.5) is 0 Å². The molecule has 1 atom stereocenters. The molecule has 0 fully saturated rings. The van der Waals surface area contributed by atoms with Gasteiger partial charge in [-0.1, -0.05) is 23.7 Å². The van der Waals surface area contributed by atoms with Gasteiger partial charge in [0.05, 0.1) is 11.6 Å². The third-order valence-electron chi connectivity index (χ3n) is 2.94. The molecule has 0 spiro atoms. The van der Waals surface area contributed by atoms with Gasteiger partial charge in [0.2, 0.25) is 0 Å². The Kier molecular flexibility index (Phi) is 4.62. The predicted octanol–water partition coefficient (Wildman–Crippen LogP) is 3.81. The minimum Gasteiger partial charge on any atom is -0.489 e. The highest BCUT2D eigenvalue weighted by Gasteiger charge is 2.09. The van der Waals surface area contributed by atoms with E-state index in [1.807, 2.05) is 31.2 Å². The summed E-state index contributed by atoms with van der Waals surface area (Å²) in [5.41, 5.74) is 8.43. The Morgan fingerprint density at radius 1 is 1.25 bits per heavy atom. The van der Waals surface area contributed by atoms with E-state index in [4.69, 9.17) is 27.3 Å². The smallest absolute Gasteiger partial charge is 0.124 e. The lowest BCUT2D eigenvalue weighted by Gasteiger charge is -2.14. The molecule has 2 aromatic carbocycles. The van der Waals surface area contributed by atoms with Crippen molar-refractivity contribution in [2.24, 2.45) is 5.73 Å². The molecule has 0 bridgehead atoms. The molecule has 4 heteroatoms. The second-order valence-corrected chi connectivity index (χ2v) is 5.00. The van der Waals surface area contributed by atoms with Crippen molar-refractivity contribution in [3.63, 3.8) is 0 Å². The van der Waals surface area contributed by atoms with Crippen molar-refractivity contribution in [2.75, 3.05) is 0 Å². The van der Waals surface area contributed by atoms with Crippen molar-refractivity contribution < 1.29 is 4.74 Å². The number of halogens is 1. The van der Waals surface area contributed by atoms with E-state index >= 15 is 0 Å². The zero-order valence-electron chi connectivity index (χ0n) is 11.1. The summed E-state index contributed by atoms with van der Waals surface area (Å²) >= 11 is 5.97. The van der Waals surface area contributed by atoms with Gasteiger partial charge in [0, 0.05) is 16.6 Å². The van der Waals surface area contributed by atoms with Gasteiger partial charge in [-0.2, -0.15) is 5.26 Å². The minimum atomic E-state index is -0.148. The van der Waals surface area contributed by atoms with Crippen molar-refractivity contribution in [3.05, 3.63) is 64.2 Å². The molecule has 0 heterocycles. The van der Waals surface area contributed by atoms with Crippen LogP contribution in [0.5, 0.6) is 5.75 Å². The second-order valence-electron chi connectivity index (χ2n) is 4.57. The monoisotopic (exact) mass is 286 g/mol. The maximum absolute atomic E-state index is 8.75. The number of nitrogens with two attached hydrogens (primary N) is 1. The van der Waals surface area contributed by atoms with E-state index < -0.39 is 0 Å². The summed E-state index contributed by atoms with van der Waals surface area (Å²) in [5, 5.41) is 9.39. The molecule has 0 aliphatic carbocycles. The maximum atomic E-state index is 8.75. The zero-order chi connectivity index (χ0) is 14.5. The summed E-state index contributed by atoms with van der Waals surface area (Å²) in [7, 11) is 0. The fourth-order valence-corrected chi connectivity index (χ4v) is 2.02. The van der Waals surface area contributed by atoms with Crippen molar-refractivity contribution in [1.29, 1.82) is 5.26 Å². The highest BCUT2D eigenvalue weighted by Crippen LogP contribution is 2.27. The highest BCUT2D eigenvalue weighted by atomic mass is 35.5. The predicted molar refractivity (Wildman–Crippen MR) is 79.5 cm³/mol. The topological polar surface area (TPSA) is 59.0 Å². The molecule has 2 N–H and O–H groups in total. The van der Waals surface area contributed by atoms with Crippen molar-refractivity contribution >= 4 is 11.6 Å². The van der Waals surface area contributed by atoms with Crippen LogP contribution < -0.4 is 10.5 Å². The molecule has 0 aliphatic rings. The van der Waals surface area contributed by atoms with Crippen molar-refractivity contribution in [3.8, 4) is 11.8 Å². The minimum absolute atomic E-state index is 0.148. The number of nitrogens with zero attached hydrogens (tertiary/aromatic N) is 1. The number of rotatable bonds is 4. The summed E-state index contributed by atoms with van der Waals surface area (Å²) in [5.74, 6) is 0.730. The number of ether oxygens (including phenoxy) is 1. The third-order valence-corrected chi connectivity index (χ3v) is 3.17. The molecule has 0 aromatic heterocycles. The summed E-state index contributed by atoms with van der Waals surface area (Å²) in [6, 6.07) is 14.7. The SMILES string of the molecule is C[C@H](N)c1cc(Cl)ccc1OCc1ccc(C#N)cc1. The summed E-state index contributed by atoms with van der Waals surface area (Å²) < 4.78 is 5.79. The number of nitriles is 1. The Morgan fingerprint density at radius 3 is 2.55 bits per heavy atom. The highest BCUT2D eigenvalue weighted by molar-refractivity contribution is 6.30. The third kappa shape index (κ3) is 3.51. The van der Waals surface area contributed by atoms with Crippen LogP contribution in [0.25, 0.3) is 0 Å². The van der Waals surface area contributed by atoms with Crippen LogP contribution in [0.3, 0.4) is 0 Å². The Hall–Kier alpha value is -2.02. The van der Waals surface area contributed by atoms with Crippen LogP contribution in [0, 0.1) is 11.3 Å². The van der Waals surface area contributed by atoms with Crippen LogP contribution in [-0.4, -0.2) is 0 Å². The molecule has 102 valence electrons. The Morgan fingerprint density at radius 2 is 1.95 bits per heavy atom. The fraction of sp³-hybridized carbons (Fsp3) is 0.188. The van der Waals surface area contributed by atoms with E-state index in [-0.39, 0.29) is 6.04 Å². The van der Waals surface area contributed by atoms with Crippen LogP contribution in [-0.2, 0) is 6.61 Å². The molecule has 0 saturated heterocycles. The lowest BCUT2D eigenvalue weighted by atomic mass is 10.1. The number of benzene rings is 2. The molecular formula is C16H15ClN2O. The largest absolute Gasteiger partial charge is 0.489 e. The second kappa shape index (κ2) is 6.42. The van der Waals surface area contributed by atoms with Gasteiger partial charge in [0.1, 0.15) is 12.4 Å². The Bertz CT molecular complexity index is 630. The molecular weight excluding hydrogens is 272 g/mol. The van der Waals surface area contributed by atoms with Crippen LogP contribution in [0.2, 0.25) is 5.02 Å². The lowest BCUT2D eigenvalue weighted by molar-refractivity contribution is 0.301. The van der Waals surface area contributed by atoms with E-state index in [0.29, 0.717) is 17.2 Å². The first kappa shape index (κ1) is 14.4. The van der Waals surface area contributed by atoms with Gasteiger partial charge in [-0.15, -0.1) is 0 Å². The quantitative estimate of drug-likeness (QED) is 0.930. The molecule has 2 rings (SSSR count). The normalized spacial score (nSPS) is 11.7. The first-order valence-electron chi connectivity index (χ1n) is 6.27. The van der Waals surface area contributed by atoms with E-state index in [1.165, 1.54) is 0 Å². The Balaban J connectivity index is 2.12. The van der Waals surface area contributed by atoms with Crippen molar-refractivity contribution in [1.82, 2.24) is 0 Å². The van der Waals surface area contributed by atoms with Gasteiger partial charge in [0.15, 0.2) is 0 Å². The van der Waals surface area contributed by atoms with Gasteiger partial charge in [0.25, 0.3) is 0 Å². The van der Waals surface area contributed by atoms with Crippen LogP contribution >= 0.6 is 11.6 Å². The van der Waals surface area contributed by atoms with Gasteiger partial charge < -0.3 is 10.5 Å². The molecule has 2 aromatic rings. The average molecular weight is 287 g/mol. The molecule has 0 amide bonds. The molecule has 0 radical (unpaired) electrons. The number of hydrogen-bond acceptors (Lipinski definition) is 3. The van der Waals surface area contributed by atoms with Gasteiger partial charge >= 0.3 is 0 Å². The molecule has 0 aliphatic heterocycles. The number of hydrogen-bond donors (Lipinski definition) is 1. The summed E-state index contributed by atoms with van der Waals surface area (Å²) in [6.07, 6.45) is 0. The van der Waals surface area contributed by atoms with Gasteiger partial charge in [-0.3, -0.25) is 0 Å². The Labute approximate surface area is 123 Å². The molecule has 0 unspecified atom stereocenters. The van der Waals surface area contributed by atoms with E-state index in [1.54, 1.807) is 18.2 Å². The lowest BCUT2D eigenvalue weighted by Crippen LogP contribution is -2.08. The average Bonchev–Trinajstić information content (AvgIpc) is 2.46. The van der Waals surface area contributed by atoms with E-state index in [9.17, 15) is 0 Å². The molecule has 3 nitrogen and oxygen atoms in total. The summed E-state index contributed by atoms with van der Waals surface area (Å²) in [6.45, 7) is 2.31. The van der Waals surface area contributed by atoms with E-state index in [0.717, 1.165) is 16.9 Å². The molecule has 0 saturated carbocycles. The maximum Gasteiger partial charge on any atom is 0.124 e. The first-order chi connectivity index (χ1) is 9.60. The summed E-state index contributed by atoms with van der Waals surface area (Å²) in [4.78, 5) is 0. The van der Waals surface area contributed by atoms with E-state index in [2.05, 4.69) is 6.07 Å².